The Morgan fingerprint density at radius 3 is 2.65 bits per heavy atom. The van der Waals surface area contributed by atoms with E-state index in [0.717, 1.165) is 38.7 Å². The van der Waals surface area contributed by atoms with Gasteiger partial charge in [-0.05, 0) is 44.6 Å². The van der Waals surface area contributed by atoms with E-state index in [1.807, 2.05) is 7.05 Å². The molecule has 0 saturated heterocycles. The van der Waals surface area contributed by atoms with Gasteiger partial charge in [0.15, 0.2) is 0 Å². The second-order valence-corrected chi connectivity index (χ2v) is 6.59. The summed E-state index contributed by atoms with van der Waals surface area (Å²) in [7, 11) is 1.94. The number of ether oxygens (including phenoxy) is 1. The molecule has 0 aromatic heterocycles. The van der Waals surface area contributed by atoms with Crippen LogP contribution >= 0.6 is 0 Å². The molecule has 1 fully saturated rings. The summed E-state index contributed by atoms with van der Waals surface area (Å²) in [6, 6.07) is 0. The van der Waals surface area contributed by atoms with Gasteiger partial charge < -0.3 is 15.2 Å². The average Bonchev–Trinajstić information content (AvgIpc) is 2.27. The van der Waals surface area contributed by atoms with Crippen LogP contribution in [0, 0.1) is 5.41 Å². The second-order valence-electron chi connectivity index (χ2n) is 6.59. The molecular weight excluding hydrogens is 214 g/mol. The van der Waals surface area contributed by atoms with Crippen molar-refractivity contribution in [1.29, 1.82) is 0 Å². The zero-order chi connectivity index (χ0) is 12.9. The van der Waals surface area contributed by atoms with Crippen molar-refractivity contribution in [2.75, 3.05) is 20.3 Å². The van der Waals surface area contributed by atoms with E-state index in [9.17, 15) is 5.11 Å². The largest absolute Gasteiger partial charge is 0.394 e. The first kappa shape index (κ1) is 14.9. The van der Waals surface area contributed by atoms with Crippen molar-refractivity contribution >= 4 is 0 Å². The first-order chi connectivity index (χ1) is 7.91. The molecule has 102 valence electrons. The molecule has 0 aromatic carbocycles. The van der Waals surface area contributed by atoms with E-state index in [4.69, 9.17) is 4.74 Å². The molecule has 3 heteroatoms. The number of rotatable bonds is 5. The number of aliphatic hydroxyl groups is 1. The molecule has 1 aliphatic carbocycles. The summed E-state index contributed by atoms with van der Waals surface area (Å²) in [6.45, 7) is 7.76. The Morgan fingerprint density at radius 1 is 1.41 bits per heavy atom. The molecule has 1 aliphatic rings. The molecule has 3 nitrogen and oxygen atoms in total. The molecule has 0 heterocycles. The van der Waals surface area contributed by atoms with Gasteiger partial charge in [-0.15, -0.1) is 0 Å². The summed E-state index contributed by atoms with van der Waals surface area (Å²) in [5, 5.41) is 12.8. The molecule has 0 aliphatic heterocycles. The summed E-state index contributed by atoms with van der Waals surface area (Å²) in [4.78, 5) is 0. The van der Waals surface area contributed by atoms with Crippen molar-refractivity contribution in [3.05, 3.63) is 0 Å². The fraction of sp³-hybridized carbons (Fsp3) is 1.00. The lowest BCUT2D eigenvalue weighted by atomic mass is 9.80. The first-order valence-electron chi connectivity index (χ1n) is 6.82. The maximum atomic E-state index is 9.50. The molecule has 0 aromatic rings. The zero-order valence-electron chi connectivity index (χ0n) is 11.9. The highest BCUT2D eigenvalue weighted by Gasteiger charge is 2.34. The minimum Gasteiger partial charge on any atom is -0.394 e. The Kier molecular flexibility index (Phi) is 5.42. The van der Waals surface area contributed by atoms with Crippen molar-refractivity contribution in [2.45, 2.75) is 64.5 Å². The van der Waals surface area contributed by atoms with Crippen LogP contribution in [0.15, 0.2) is 0 Å². The van der Waals surface area contributed by atoms with Crippen molar-refractivity contribution in [3.8, 4) is 0 Å². The summed E-state index contributed by atoms with van der Waals surface area (Å²) in [6.07, 6.45) is 5.67. The number of likely N-dealkylation sites (N-methyl/N-ethyl adjacent to an activating group) is 1. The Morgan fingerprint density at radius 2 is 2.12 bits per heavy atom. The Balaban J connectivity index is 2.35. The molecule has 17 heavy (non-hydrogen) atoms. The van der Waals surface area contributed by atoms with Crippen molar-refractivity contribution in [3.63, 3.8) is 0 Å². The van der Waals surface area contributed by atoms with Crippen LogP contribution in [0.3, 0.4) is 0 Å². The van der Waals surface area contributed by atoms with E-state index in [-0.39, 0.29) is 12.1 Å². The third-order valence-corrected chi connectivity index (χ3v) is 3.84. The fourth-order valence-corrected chi connectivity index (χ4v) is 2.43. The SMILES string of the molecule is CNC1(CO)CCCC(OCCC(C)(C)C)C1. The van der Waals surface area contributed by atoms with Gasteiger partial charge in [-0.3, -0.25) is 0 Å². The lowest BCUT2D eigenvalue weighted by Crippen LogP contribution is -2.51. The van der Waals surface area contributed by atoms with E-state index in [2.05, 4.69) is 26.1 Å². The normalized spacial score (nSPS) is 30.5. The van der Waals surface area contributed by atoms with E-state index in [0.29, 0.717) is 11.5 Å². The topological polar surface area (TPSA) is 41.5 Å². The van der Waals surface area contributed by atoms with Crippen LogP contribution in [0.1, 0.15) is 52.9 Å². The number of hydrogen-bond donors (Lipinski definition) is 2. The van der Waals surface area contributed by atoms with Crippen LogP contribution in [0.25, 0.3) is 0 Å². The predicted octanol–water partition coefficient (Wildman–Crippen LogP) is 2.33. The van der Waals surface area contributed by atoms with Gasteiger partial charge in [-0.1, -0.05) is 20.8 Å². The molecular formula is C14H29NO2. The lowest BCUT2D eigenvalue weighted by Gasteiger charge is -2.39. The van der Waals surface area contributed by atoms with Gasteiger partial charge in [0.2, 0.25) is 0 Å². The van der Waals surface area contributed by atoms with E-state index in [1.165, 1.54) is 0 Å². The molecule has 0 amide bonds. The van der Waals surface area contributed by atoms with Gasteiger partial charge in [-0.2, -0.15) is 0 Å². The van der Waals surface area contributed by atoms with Crippen LogP contribution in [-0.4, -0.2) is 37.0 Å². The maximum Gasteiger partial charge on any atom is 0.0614 e. The maximum absolute atomic E-state index is 9.50. The lowest BCUT2D eigenvalue weighted by molar-refractivity contribution is -0.0212. The summed E-state index contributed by atoms with van der Waals surface area (Å²) < 4.78 is 5.97. The molecule has 1 saturated carbocycles. The minimum atomic E-state index is -0.106. The summed E-state index contributed by atoms with van der Waals surface area (Å²) >= 11 is 0. The van der Waals surface area contributed by atoms with E-state index < -0.39 is 0 Å². The van der Waals surface area contributed by atoms with Crippen molar-refractivity contribution in [1.82, 2.24) is 5.32 Å². The van der Waals surface area contributed by atoms with Gasteiger partial charge in [0.25, 0.3) is 0 Å². The quantitative estimate of drug-likeness (QED) is 0.778. The molecule has 1 rings (SSSR count). The number of hydrogen-bond acceptors (Lipinski definition) is 3. The minimum absolute atomic E-state index is 0.106. The van der Waals surface area contributed by atoms with Crippen LogP contribution < -0.4 is 5.32 Å². The summed E-state index contributed by atoms with van der Waals surface area (Å²) in [5.74, 6) is 0. The van der Waals surface area contributed by atoms with Crippen molar-refractivity contribution < 1.29 is 9.84 Å². The molecule has 0 bridgehead atoms. The van der Waals surface area contributed by atoms with Gasteiger partial charge >= 0.3 is 0 Å². The van der Waals surface area contributed by atoms with E-state index in [1.54, 1.807) is 0 Å². The highest BCUT2D eigenvalue weighted by molar-refractivity contribution is 4.92. The predicted molar refractivity (Wildman–Crippen MR) is 71.2 cm³/mol. The smallest absolute Gasteiger partial charge is 0.0614 e. The van der Waals surface area contributed by atoms with Crippen LogP contribution in [0.5, 0.6) is 0 Å². The first-order valence-corrected chi connectivity index (χ1v) is 6.82. The average molecular weight is 243 g/mol. The molecule has 2 N–H and O–H groups in total. The molecule has 0 radical (unpaired) electrons. The molecule has 2 atom stereocenters. The highest BCUT2D eigenvalue weighted by Crippen LogP contribution is 2.30. The van der Waals surface area contributed by atoms with Gasteiger partial charge in [-0.25, -0.2) is 0 Å². The van der Waals surface area contributed by atoms with Gasteiger partial charge in [0.05, 0.1) is 12.7 Å². The highest BCUT2D eigenvalue weighted by atomic mass is 16.5. The Bertz CT molecular complexity index is 219. The monoisotopic (exact) mass is 243 g/mol. The fourth-order valence-electron chi connectivity index (χ4n) is 2.43. The zero-order valence-corrected chi connectivity index (χ0v) is 11.9. The standard InChI is InChI=1S/C14H29NO2/c1-13(2,3)8-9-17-12-6-5-7-14(10-12,11-16)15-4/h12,15-16H,5-11H2,1-4H3. The van der Waals surface area contributed by atoms with Gasteiger partial charge in [0, 0.05) is 12.1 Å². The Hall–Kier alpha value is -0.120. The molecule has 0 spiro atoms. The van der Waals surface area contributed by atoms with Crippen LogP contribution in [0.4, 0.5) is 0 Å². The molecule has 2 unspecified atom stereocenters. The van der Waals surface area contributed by atoms with Crippen LogP contribution in [-0.2, 0) is 4.74 Å². The van der Waals surface area contributed by atoms with E-state index >= 15 is 0 Å². The number of aliphatic hydroxyl groups excluding tert-OH is 1. The summed E-state index contributed by atoms with van der Waals surface area (Å²) in [5.41, 5.74) is 0.233. The third-order valence-electron chi connectivity index (χ3n) is 3.84. The third kappa shape index (κ3) is 4.94. The number of nitrogens with one attached hydrogen (secondary N) is 1. The van der Waals surface area contributed by atoms with Crippen LogP contribution in [0.2, 0.25) is 0 Å². The van der Waals surface area contributed by atoms with Gasteiger partial charge in [0.1, 0.15) is 0 Å². The Labute approximate surface area is 106 Å². The van der Waals surface area contributed by atoms with Crippen molar-refractivity contribution in [2.24, 2.45) is 5.41 Å². The second kappa shape index (κ2) is 6.17.